The van der Waals surface area contributed by atoms with Crippen LogP contribution in [0.15, 0.2) is 64.2 Å². The minimum Gasteiger partial charge on any atom is -0.459 e. The second-order valence-electron chi connectivity index (χ2n) is 5.16. The molecule has 5 heteroatoms. The zero-order valence-electron chi connectivity index (χ0n) is 12.5. The van der Waals surface area contributed by atoms with E-state index in [1.165, 1.54) is 28.4 Å². The van der Waals surface area contributed by atoms with E-state index < -0.39 is 0 Å². The summed E-state index contributed by atoms with van der Waals surface area (Å²) in [5.41, 5.74) is 1.10. The van der Waals surface area contributed by atoms with Gasteiger partial charge in [-0.05, 0) is 30.5 Å². The number of carbonyl (C=O) groups excluding carboxylic acids is 1. The van der Waals surface area contributed by atoms with Crippen LogP contribution in [-0.2, 0) is 6.54 Å². The average molecular weight is 322 g/mol. The summed E-state index contributed by atoms with van der Waals surface area (Å²) in [5, 5.41) is 2.37. The van der Waals surface area contributed by atoms with E-state index in [2.05, 4.69) is 40.7 Å². The minimum atomic E-state index is -0.354. The molecule has 2 aromatic heterocycles. The van der Waals surface area contributed by atoms with Crippen molar-refractivity contribution in [3.05, 3.63) is 65.4 Å². The number of hydrogen-bond donors (Lipinski definition) is 0. The van der Waals surface area contributed by atoms with Crippen LogP contribution in [0.25, 0.3) is 21.0 Å². The van der Waals surface area contributed by atoms with Gasteiger partial charge in [0.2, 0.25) is 0 Å². The van der Waals surface area contributed by atoms with Crippen molar-refractivity contribution in [3.63, 3.8) is 0 Å². The lowest BCUT2D eigenvalue weighted by Gasteiger charge is -2.02. The number of aromatic nitrogens is 1. The Kier molecular flexibility index (Phi) is 3.35. The zero-order valence-corrected chi connectivity index (χ0v) is 13.3. The van der Waals surface area contributed by atoms with Crippen molar-refractivity contribution in [3.8, 4) is 0 Å². The van der Waals surface area contributed by atoms with Crippen molar-refractivity contribution in [2.45, 2.75) is 13.5 Å². The maximum atomic E-state index is 12.2. The summed E-state index contributed by atoms with van der Waals surface area (Å²) in [6.45, 7) is 2.81. The van der Waals surface area contributed by atoms with E-state index in [9.17, 15) is 4.79 Å². The van der Waals surface area contributed by atoms with Crippen LogP contribution in [0.1, 0.15) is 17.5 Å². The Hall–Kier alpha value is -2.66. The topological polar surface area (TPSA) is 47.5 Å². The molecule has 0 saturated heterocycles. The Balaban J connectivity index is 2.00. The van der Waals surface area contributed by atoms with Gasteiger partial charge in [0.1, 0.15) is 0 Å². The molecule has 4 aromatic rings. The third-order valence-electron chi connectivity index (χ3n) is 3.82. The number of hydrogen-bond acceptors (Lipinski definition) is 3. The SMILES string of the molecule is CCn1c(=NC(=O)c2ccco2)sc2c3ccccc3ccc21. The normalized spacial score (nSPS) is 12.3. The van der Waals surface area contributed by atoms with Gasteiger partial charge < -0.3 is 8.98 Å². The first-order valence-corrected chi connectivity index (χ1v) is 8.23. The molecule has 1 amide bonds. The zero-order chi connectivity index (χ0) is 15.8. The lowest BCUT2D eigenvalue weighted by Crippen LogP contribution is -2.15. The fourth-order valence-corrected chi connectivity index (χ4v) is 3.96. The standard InChI is InChI=1S/C18H14N2O2S/c1-2-20-14-10-9-12-6-3-4-7-13(12)16(14)23-18(20)19-17(21)15-8-5-11-22-15/h3-11H,2H2,1H3. The molecule has 0 N–H and O–H groups in total. The van der Waals surface area contributed by atoms with E-state index in [4.69, 9.17) is 4.42 Å². The van der Waals surface area contributed by atoms with Crippen molar-refractivity contribution in [1.29, 1.82) is 0 Å². The summed E-state index contributed by atoms with van der Waals surface area (Å²) in [5.74, 6) is -0.0944. The predicted octanol–water partition coefficient (Wildman–Crippen LogP) is 4.21. The fraction of sp³-hybridized carbons (Fsp3) is 0.111. The van der Waals surface area contributed by atoms with Gasteiger partial charge in [-0.15, -0.1) is 0 Å². The molecule has 0 saturated carbocycles. The van der Waals surface area contributed by atoms with E-state index >= 15 is 0 Å². The number of fused-ring (bicyclic) bond motifs is 3. The summed E-state index contributed by atoms with van der Waals surface area (Å²) in [4.78, 5) is 17.2. The number of nitrogens with zero attached hydrogens (tertiary/aromatic N) is 2. The highest BCUT2D eigenvalue weighted by Gasteiger charge is 2.11. The quantitative estimate of drug-likeness (QED) is 0.555. The molecule has 0 aliphatic heterocycles. The monoisotopic (exact) mass is 322 g/mol. The molecule has 0 bridgehead atoms. The van der Waals surface area contributed by atoms with Crippen LogP contribution in [0.5, 0.6) is 0 Å². The van der Waals surface area contributed by atoms with Crippen LogP contribution < -0.4 is 4.80 Å². The lowest BCUT2D eigenvalue weighted by molar-refractivity contribution is 0.0971. The van der Waals surface area contributed by atoms with Gasteiger partial charge in [0.15, 0.2) is 10.6 Å². The molecule has 4 rings (SSSR count). The highest BCUT2D eigenvalue weighted by atomic mass is 32.1. The van der Waals surface area contributed by atoms with Gasteiger partial charge in [0, 0.05) is 11.9 Å². The minimum absolute atomic E-state index is 0.259. The Morgan fingerprint density at radius 2 is 2.04 bits per heavy atom. The first kappa shape index (κ1) is 14.0. The van der Waals surface area contributed by atoms with Crippen molar-refractivity contribution in [1.82, 2.24) is 4.57 Å². The molecule has 0 fully saturated rings. The first-order chi connectivity index (χ1) is 11.3. The molecule has 0 unspecified atom stereocenters. The largest absolute Gasteiger partial charge is 0.459 e. The molecule has 23 heavy (non-hydrogen) atoms. The maximum absolute atomic E-state index is 12.2. The summed E-state index contributed by atoms with van der Waals surface area (Å²) in [6.07, 6.45) is 1.48. The van der Waals surface area contributed by atoms with Crippen molar-refractivity contribution >= 4 is 38.2 Å². The van der Waals surface area contributed by atoms with Crippen molar-refractivity contribution < 1.29 is 9.21 Å². The van der Waals surface area contributed by atoms with E-state index in [1.807, 2.05) is 12.1 Å². The molecular weight excluding hydrogens is 308 g/mol. The number of rotatable bonds is 2. The van der Waals surface area contributed by atoms with Gasteiger partial charge in [0.05, 0.1) is 16.5 Å². The number of benzene rings is 2. The Morgan fingerprint density at radius 3 is 2.83 bits per heavy atom. The second kappa shape index (κ2) is 5.52. The van der Waals surface area contributed by atoms with E-state index in [-0.39, 0.29) is 11.7 Å². The summed E-state index contributed by atoms with van der Waals surface area (Å²) in [7, 11) is 0. The molecule has 0 aliphatic rings. The summed E-state index contributed by atoms with van der Waals surface area (Å²) in [6, 6.07) is 15.8. The molecular formula is C18H14N2O2S. The van der Waals surface area contributed by atoms with Crippen molar-refractivity contribution in [2.24, 2.45) is 4.99 Å². The third kappa shape index (κ3) is 2.29. The summed E-state index contributed by atoms with van der Waals surface area (Å²) >= 11 is 1.54. The summed E-state index contributed by atoms with van der Waals surface area (Å²) < 4.78 is 8.35. The number of furan rings is 1. The smallest absolute Gasteiger partial charge is 0.315 e. The van der Waals surface area contributed by atoms with Crippen LogP contribution in [0.4, 0.5) is 0 Å². The Labute approximate surface area is 136 Å². The number of carbonyl (C=O) groups is 1. The van der Waals surface area contributed by atoms with Gasteiger partial charge in [-0.3, -0.25) is 4.79 Å². The molecule has 2 heterocycles. The van der Waals surface area contributed by atoms with E-state index in [0.29, 0.717) is 4.80 Å². The van der Waals surface area contributed by atoms with Gasteiger partial charge in [-0.2, -0.15) is 4.99 Å². The molecule has 0 radical (unpaired) electrons. The van der Waals surface area contributed by atoms with E-state index in [0.717, 1.165) is 16.8 Å². The Morgan fingerprint density at radius 1 is 1.17 bits per heavy atom. The van der Waals surface area contributed by atoms with Gasteiger partial charge >= 0.3 is 5.91 Å². The van der Waals surface area contributed by atoms with Crippen LogP contribution in [0, 0.1) is 0 Å². The lowest BCUT2D eigenvalue weighted by atomic mass is 10.1. The van der Waals surface area contributed by atoms with Gasteiger partial charge in [0.25, 0.3) is 0 Å². The molecule has 2 aromatic carbocycles. The first-order valence-electron chi connectivity index (χ1n) is 7.41. The van der Waals surface area contributed by atoms with Crippen LogP contribution >= 0.6 is 11.3 Å². The molecule has 0 spiro atoms. The highest BCUT2D eigenvalue weighted by Crippen LogP contribution is 2.27. The predicted molar refractivity (Wildman–Crippen MR) is 91.6 cm³/mol. The van der Waals surface area contributed by atoms with Crippen LogP contribution in [0.2, 0.25) is 0 Å². The van der Waals surface area contributed by atoms with E-state index in [1.54, 1.807) is 12.1 Å². The van der Waals surface area contributed by atoms with Crippen LogP contribution in [-0.4, -0.2) is 10.5 Å². The third-order valence-corrected chi connectivity index (χ3v) is 4.95. The Bertz CT molecular complexity index is 1070. The molecule has 0 aliphatic carbocycles. The van der Waals surface area contributed by atoms with Gasteiger partial charge in [-0.25, -0.2) is 0 Å². The molecule has 114 valence electrons. The average Bonchev–Trinajstić information content (AvgIpc) is 3.22. The second-order valence-corrected chi connectivity index (χ2v) is 6.14. The highest BCUT2D eigenvalue weighted by molar-refractivity contribution is 7.17. The van der Waals surface area contributed by atoms with Gasteiger partial charge in [-0.1, -0.05) is 41.7 Å². The molecule has 0 atom stereocenters. The number of aryl methyl sites for hydroxylation is 1. The van der Waals surface area contributed by atoms with Crippen molar-refractivity contribution in [2.75, 3.05) is 0 Å². The number of amides is 1. The maximum Gasteiger partial charge on any atom is 0.315 e. The fourth-order valence-electron chi connectivity index (χ4n) is 2.73. The van der Waals surface area contributed by atoms with Crippen LogP contribution in [0.3, 0.4) is 0 Å². The number of thiazole rings is 1. The molecule has 4 nitrogen and oxygen atoms in total.